The second-order valence-corrected chi connectivity index (χ2v) is 10.8. The number of anilines is 1. The first-order valence-electron chi connectivity index (χ1n) is 10.5. The molecular formula is C23H30ClN3O3S. The van der Waals surface area contributed by atoms with Gasteiger partial charge in [-0.15, -0.1) is 0 Å². The van der Waals surface area contributed by atoms with E-state index in [-0.39, 0.29) is 23.4 Å². The maximum Gasteiger partial charge on any atom is 0.243 e. The van der Waals surface area contributed by atoms with Crippen LogP contribution in [0.15, 0.2) is 53.4 Å². The van der Waals surface area contributed by atoms with Crippen LogP contribution in [0.2, 0.25) is 5.02 Å². The molecule has 2 aromatic rings. The number of hydrogen-bond donors (Lipinski definition) is 1. The molecule has 3 rings (SSSR count). The molecule has 0 unspecified atom stereocenters. The molecule has 0 spiro atoms. The molecule has 2 aromatic carbocycles. The number of halogens is 1. The van der Waals surface area contributed by atoms with E-state index in [2.05, 4.69) is 29.3 Å². The van der Waals surface area contributed by atoms with Crippen LogP contribution in [0.1, 0.15) is 38.3 Å². The largest absolute Gasteiger partial charge is 0.371 e. The highest BCUT2D eigenvalue weighted by molar-refractivity contribution is 7.89. The third-order valence-corrected chi connectivity index (χ3v) is 7.75. The summed E-state index contributed by atoms with van der Waals surface area (Å²) in [6.45, 7) is 6.05. The summed E-state index contributed by atoms with van der Waals surface area (Å²) in [5, 5.41) is 3.34. The number of benzene rings is 2. The van der Waals surface area contributed by atoms with Crippen molar-refractivity contribution in [1.82, 2.24) is 9.62 Å². The Labute approximate surface area is 190 Å². The fourth-order valence-electron chi connectivity index (χ4n) is 3.84. The second kappa shape index (κ2) is 10.0. The summed E-state index contributed by atoms with van der Waals surface area (Å²) in [7, 11) is -2.37. The fraction of sp³-hybridized carbons (Fsp3) is 0.435. The van der Waals surface area contributed by atoms with E-state index in [9.17, 15) is 13.2 Å². The van der Waals surface area contributed by atoms with Crippen molar-refractivity contribution in [2.45, 2.75) is 37.6 Å². The molecule has 1 aliphatic heterocycles. The molecule has 1 aliphatic rings. The predicted octanol–water partition coefficient (Wildman–Crippen LogP) is 4.07. The van der Waals surface area contributed by atoms with Gasteiger partial charge < -0.3 is 10.2 Å². The minimum absolute atomic E-state index is 0.0999. The molecule has 1 heterocycles. The average Bonchev–Trinajstić information content (AvgIpc) is 2.74. The highest BCUT2D eigenvalue weighted by Crippen LogP contribution is 2.24. The Morgan fingerprint density at radius 2 is 1.84 bits per heavy atom. The SMILES string of the molecule is C[C@H]1CCCN(c2ccc([C@H](C)NC(=O)CN(C)S(=O)(=O)c3ccc(Cl)cc3)cc2)C1. The Morgan fingerprint density at radius 1 is 1.19 bits per heavy atom. The maximum absolute atomic E-state index is 12.6. The van der Waals surface area contributed by atoms with Crippen molar-refractivity contribution in [3.05, 3.63) is 59.1 Å². The number of carbonyl (C=O) groups excluding carboxylic acids is 1. The van der Waals surface area contributed by atoms with Gasteiger partial charge in [0.25, 0.3) is 0 Å². The van der Waals surface area contributed by atoms with E-state index in [0.717, 1.165) is 23.0 Å². The molecule has 0 radical (unpaired) electrons. The van der Waals surface area contributed by atoms with Crippen molar-refractivity contribution in [1.29, 1.82) is 0 Å². The summed E-state index contributed by atoms with van der Waals surface area (Å²) < 4.78 is 26.3. The molecule has 0 aliphatic carbocycles. The van der Waals surface area contributed by atoms with E-state index < -0.39 is 10.0 Å². The molecule has 2 atom stereocenters. The Bertz CT molecular complexity index is 994. The van der Waals surface area contributed by atoms with Gasteiger partial charge in [-0.05, 0) is 67.6 Å². The quantitative estimate of drug-likeness (QED) is 0.671. The topological polar surface area (TPSA) is 69.7 Å². The monoisotopic (exact) mass is 463 g/mol. The smallest absolute Gasteiger partial charge is 0.243 e. The van der Waals surface area contributed by atoms with Crippen LogP contribution in [0.25, 0.3) is 0 Å². The van der Waals surface area contributed by atoms with Gasteiger partial charge in [0.1, 0.15) is 0 Å². The normalized spacial score (nSPS) is 18.1. The molecule has 8 heteroatoms. The highest BCUT2D eigenvalue weighted by atomic mass is 35.5. The number of likely N-dealkylation sites (N-methyl/N-ethyl adjacent to an activating group) is 1. The highest BCUT2D eigenvalue weighted by Gasteiger charge is 2.24. The average molecular weight is 464 g/mol. The van der Waals surface area contributed by atoms with Gasteiger partial charge in [0.2, 0.25) is 15.9 Å². The number of hydrogen-bond acceptors (Lipinski definition) is 4. The van der Waals surface area contributed by atoms with E-state index >= 15 is 0 Å². The summed E-state index contributed by atoms with van der Waals surface area (Å²) in [6.07, 6.45) is 2.49. The Hall–Kier alpha value is -2.09. The van der Waals surface area contributed by atoms with E-state index in [1.165, 1.54) is 49.8 Å². The lowest BCUT2D eigenvalue weighted by molar-refractivity contribution is -0.121. The lowest BCUT2D eigenvalue weighted by atomic mass is 9.99. The molecule has 1 fully saturated rings. The van der Waals surface area contributed by atoms with Crippen molar-refractivity contribution in [2.75, 3.05) is 31.6 Å². The molecule has 168 valence electrons. The van der Waals surface area contributed by atoms with Gasteiger partial charge in [0.05, 0.1) is 17.5 Å². The van der Waals surface area contributed by atoms with Crippen molar-refractivity contribution < 1.29 is 13.2 Å². The summed E-state index contributed by atoms with van der Waals surface area (Å²) in [6, 6.07) is 13.9. The molecule has 0 aromatic heterocycles. The van der Waals surface area contributed by atoms with Crippen molar-refractivity contribution in [3.63, 3.8) is 0 Å². The molecule has 1 N–H and O–H groups in total. The lowest BCUT2D eigenvalue weighted by Gasteiger charge is -2.33. The molecule has 6 nitrogen and oxygen atoms in total. The van der Waals surface area contributed by atoms with Crippen LogP contribution in [-0.2, 0) is 14.8 Å². The number of carbonyl (C=O) groups is 1. The Kier molecular flexibility index (Phi) is 7.62. The first-order chi connectivity index (χ1) is 14.7. The first kappa shape index (κ1) is 23.6. The number of amides is 1. The number of rotatable bonds is 7. The van der Waals surface area contributed by atoms with Gasteiger partial charge in [0, 0.05) is 30.8 Å². The summed E-state index contributed by atoms with van der Waals surface area (Å²) in [4.78, 5) is 15.0. The van der Waals surface area contributed by atoms with Gasteiger partial charge in [0.15, 0.2) is 0 Å². The van der Waals surface area contributed by atoms with Crippen LogP contribution in [0, 0.1) is 5.92 Å². The van der Waals surface area contributed by atoms with Crippen LogP contribution in [-0.4, -0.2) is 45.3 Å². The lowest BCUT2D eigenvalue weighted by Crippen LogP contribution is -2.39. The minimum atomic E-state index is -3.77. The standard InChI is InChI=1S/C23H30ClN3O3S/c1-17-5-4-14-27(15-17)21-10-6-19(7-11-21)18(2)25-23(28)16-26(3)31(29,30)22-12-8-20(24)9-13-22/h6-13,17-18H,4-5,14-16H2,1-3H3,(H,25,28)/t17-,18-/m0/s1. The maximum atomic E-state index is 12.6. The predicted molar refractivity (Wildman–Crippen MR) is 125 cm³/mol. The third kappa shape index (κ3) is 5.99. The van der Waals surface area contributed by atoms with Crippen LogP contribution in [0.4, 0.5) is 5.69 Å². The molecule has 0 bridgehead atoms. The zero-order chi connectivity index (χ0) is 22.6. The van der Waals surface area contributed by atoms with Gasteiger partial charge in [-0.3, -0.25) is 4.79 Å². The molecule has 1 amide bonds. The van der Waals surface area contributed by atoms with Gasteiger partial charge in [-0.25, -0.2) is 8.42 Å². The molecule has 31 heavy (non-hydrogen) atoms. The summed E-state index contributed by atoms with van der Waals surface area (Å²) in [5.74, 6) is 0.342. The fourth-order valence-corrected chi connectivity index (χ4v) is 5.10. The molecular weight excluding hydrogens is 434 g/mol. The van der Waals surface area contributed by atoms with E-state index in [1.54, 1.807) is 0 Å². The number of sulfonamides is 1. The van der Waals surface area contributed by atoms with E-state index in [4.69, 9.17) is 11.6 Å². The number of nitrogens with one attached hydrogen (secondary N) is 1. The summed E-state index contributed by atoms with van der Waals surface area (Å²) in [5.41, 5.74) is 2.17. The Balaban J connectivity index is 1.58. The number of nitrogens with zero attached hydrogens (tertiary/aromatic N) is 2. The second-order valence-electron chi connectivity index (χ2n) is 8.29. The van der Waals surface area contributed by atoms with Crippen molar-refractivity contribution in [3.8, 4) is 0 Å². The Morgan fingerprint density at radius 3 is 2.45 bits per heavy atom. The zero-order valence-electron chi connectivity index (χ0n) is 18.2. The minimum Gasteiger partial charge on any atom is -0.371 e. The van der Waals surface area contributed by atoms with E-state index in [1.807, 2.05) is 19.1 Å². The zero-order valence-corrected chi connectivity index (χ0v) is 19.8. The third-order valence-electron chi connectivity index (χ3n) is 5.68. The van der Waals surface area contributed by atoms with Crippen LogP contribution in [0.5, 0.6) is 0 Å². The van der Waals surface area contributed by atoms with Gasteiger partial charge >= 0.3 is 0 Å². The number of piperidine rings is 1. The summed E-state index contributed by atoms with van der Waals surface area (Å²) >= 11 is 5.83. The van der Waals surface area contributed by atoms with Crippen LogP contribution >= 0.6 is 11.6 Å². The molecule has 1 saturated heterocycles. The van der Waals surface area contributed by atoms with Gasteiger partial charge in [-0.1, -0.05) is 30.7 Å². The van der Waals surface area contributed by atoms with Crippen LogP contribution < -0.4 is 10.2 Å². The van der Waals surface area contributed by atoms with Crippen LogP contribution in [0.3, 0.4) is 0 Å². The van der Waals surface area contributed by atoms with Crippen molar-refractivity contribution >= 4 is 33.2 Å². The van der Waals surface area contributed by atoms with Crippen molar-refractivity contribution in [2.24, 2.45) is 5.92 Å². The van der Waals surface area contributed by atoms with Gasteiger partial charge in [-0.2, -0.15) is 4.31 Å². The first-order valence-corrected chi connectivity index (χ1v) is 12.3. The molecule has 0 saturated carbocycles. The van der Waals surface area contributed by atoms with E-state index in [0.29, 0.717) is 10.9 Å².